The predicted octanol–water partition coefficient (Wildman–Crippen LogP) is 13.6. The molecule has 0 atom stereocenters. The van der Waals surface area contributed by atoms with Crippen LogP contribution in [0.25, 0.3) is 11.1 Å². The van der Waals surface area contributed by atoms with Crippen LogP contribution in [0.3, 0.4) is 0 Å². The van der Waals surface area contributed by atoms with Gasteiger partial charge in [-0.25, -0.2) is 0 Å². The van der Waals surface area contributed by atoms with Crippen molar-refractivity contribution in [1.29, 1.82) is 0 Å². The Balaban J connectivity index is 2.91. The Morgan fingerprint density at radius 3 is 1.26 bits per heavy atom. The van der Waals surface area contributed by atoms with Crippen molar-refractivity contribution in [1.82, 2.24) is 0 Å². The van der Waals surface area contributed by atoms with Gasteiger partial charge in [0.1, 0.15) is 0 Å². The highest BCUT2D eigenvalue weighted by Crippen LogP contribution is 2.37. The number of nitrogens with zero attached hydrogens (tertiary/aromatic N) is 2. The van der Waals surface area contributed by atoms with Crippen molar-refractivity contribution in [2.75, 3.05) is 0 Å². The second kappa shape index (κ2) is 24.5. The fourth-order valence-electron chi connectivity index (χ4n) is 6.76. The van der Waals surface area contributed by atoms with Gasteiger partial charge in [0.25, 0.3) is 0 Å². The van der Waals surface area contributed by atoms with E-state index in [1.54, 1.807) is 0 Å². The Morgan fingerprint density at radius 1 is 0.500 bits per heavy atom. The summed E-state index contributed by atoms with van der Waals surface area (Å²) in [6.45, 7) is 13.7. The third-order valence-corrected chi connectivity index (χ3v) is 9.44. The van der Waals surface area contributed by atoms with Crippen molar-refractivity contribution in [3.8, 4) is 0 Å². The highest BCUT2D eigenvalue weighted by atomic mass is 14.8. The van der Waals surface area contributed by atoms with Crippen LogP contribution in [0.1, 0.15) is 190 Å². The standard InChI is InChI=1S/C44H68N2/c1-7-13-18-21-26-38-30-39(27-22-19-14-8-2)34-42(33-38)44(43(28-23-20-15-9-3)40(12-6)35-46-45)41-31-36(24-16-10-4)29-37(32-41)25-17-11-5/h29-34H,7-28H2,1-6H3. The highest BCUT2D eigenvalue weighted by molar-refractivity contribution is 5.87. The minimum absolute atomic E-state index is 0.801. The monoisotopic (exact) mass is 625 g/mol. The molecule has 0 aromatic heterocycles. The van der Waals surface area contributed by atoms with Crippen molar-refractivity contribution in [2.24, 2.45) is 0 Å². The molecule has 2 heteroatoms. The second-order valence-electron chi connectivity index (χ2n) is 13.6. The molecule has 254 valence electrons. The molecular weight excluding hydrogens is 556 g/mol. The van der Waals surface area contributed by atoms with Gasteiger partial charge in [-0.15, -0.1) is 4.79 Å². The van der Waals surface area contributed by atoms with E-state index in [1.807, 2.05) is 0 Å². The summed E-state index contributed by atoms with van der Waals surface area (Å²) in [7, 11) is 0. The van der Waals surface area contributed by atoms with Crippen LogP contribution < -0.4 is 0 Å². The summed E-state index contributed by atoms with van der Waals surface area (Å²) >= 11 is 0. The first-order valence-corrected chi connectivity index (χ1v) is 19.5. The number of aryl methyl sites for hydroxylation is 4. The van der Waals surface area contributed by atoms with Crippen LogP contribution in [-0.2, 0) is 25.7 Å². The van der Waals surface area contributed by atoms with Crippen LogP contribution in [0.15, 0.2) is 47.5 Å². The number of allylic oxidation sites excluding steroid dienone is 2. The molecule has 0 spiro atoms. The molecule has 0 amide bonds. The predicted molar refractivity (Wildman–Crippen MR) is 203 cm³/mol. The van der Waals surface area contributed by atoms with Gasteiger partial charge in [-0.2, -0.15) is 0 Å². The van der Waals surface area contributed by atoms with E-state index >= 15 is 0 Å². The van der Waals surface area contributed by atoms with Crippen molar-refractivity contribution < 1.29 is 4.79 Å². The molecule has 0 aliphatic carbocycles. The minimum Gasteiger partial charge on any atom is -0.348 e. The molecule has 0 aliphatic heterocycles. The SMILES string of the molecule is CCCCCCC(C(=C=[N+]=[N-])CC)=C(c1cc(CCCC)cc(CCCC)c1)c1cc(CCCCCC)cc(CCCCCC)c1. The van der Waals surface area contributed by atoms with E-state index in [9.17, 15) is 5.53 Å². The Kier molecular flexibility index (Phi) is 21.1. The zero-order valence-electron chi connectivity index (χ0n) is 30.9. The van der Waals surface area contributed by atoms with Gasteiger partial charge in [0.05, 0.1) is 5.57 Å². The molecule has 0 saturated heterocycles. The lowest BCUT2D eigenvalue weighted by molar-refractivity contribution is 0.00743. The maximum atomic E-state index is 9.77. The lowest BCUT2D eigenvalue weighted by Crippen LogP contribution is -2.04. The smallest absolute Gasteiger partial charge is 0.303 e. The third kappa shape index (κ3) is 14.4. The Labute approximate surface area is 284 Å². The molecule has 0 unspecified atom stereocenters. The Bertz CT molecular complexity index is 1200. The lowest BCUT2D eigenvalue weighted by Gasteiger charge is -2.21. The molecule has 0 bridgehead atoms. The van der Waals surface area contributed by atoms with E-state index in [1.165, 1.54) is 141 Å². The number of unbranched alkanes of at least 4 members (excludes halogenated alkanes) is 11. The van der Waals surface area contributed by atoms with Gasteiger partial charge < -0.3 is 5.53 Å². The number of benzene rings is 2. The summed E-state index contributed by atoms with van der Waals surface area (Å²) in [5.74, 6) is 3.06. The molecule has 2 rings (SSSR count). The van der Waals surface area contributed by atoms with Crippen LogP contribution in [0.5, 0.6) is 0 Å². The Morgan fingerprint density at radius 2 is 0.891 bits per heavy atom. The first kappa shape index (κ1) is 39.5. The zero-order valence-corrected chi connectivity index (χ0v) is 30.9. The van der Waals surface area contributed by atoms with Gasteiger partial charge in [0.15, 0.2) is 0 Å². The molecule has 2 aromatic carbocycles. The normalized spacial score (nSPS) is 11.7. The maximum Gasteiger partial charge on any atom is 0.303 e. The van der Waals surface area contributed by atoms with E-state index in [0.717, 1.165) is 50.5 Å². The summed E-state index contributed by atoms with van der Waals surface area (Å²) < 4.78 is 0. The first-order valence-electron chi connectivity index (χ1n) is 19.5. The van der Waals surface area contributed by atoms with Crippen LogP contribution in [0.2, 0.25) is 0 Å². The van der Waals surface area contributed by atoms with E-state index in [0.29, 0.717) is 0 Å². The van der Waals surface area contributed by atoms with Gasteiger partial charge in [-0.05, 0) is 115 Å². The third-order valence-electron chi connectivity index (χ3n) is 9.44. The fraction of sp³-hybridized carbons (Fsp3) is 0.636. The molecule has 0 N–H and O–H groups in total. The van der Waals surface area contributed by atoms with Gasteiger partial charge in [-0.1, -0.05) is 149 Å². The summed E-state index contributed by atoms with van der Waals surface area (Å²) in [5, 5.41) is 0. The quantitative estimate of drug-likeness (QED) is 0.0346. The summed E-state index contributed by atoms with van der Waals surface area (Å²) in [4.78, 5) is 3.49. The molecule has 0 fully saturated rings. The van der Waals surface area contributed by atoms with Gasteiger partial charge in [-0.3, -0.25) is 0 Å². The molecule has 2 aromatic rings. The number of hydrogen-bond donors (Lipinski definition) is 0. The molecule has 46 heavy (non-hydrogen) atoms. The molecule has 0 heterocycles. The zero-order chi connectivity index (χ0) is 33.4. The Hall–Kier alpha value is -2.66. The average molecular weight is 625 g/mol. The van der Waals surface area contributed by atoms with E-state index in [-0.39, 0.29) is 0 Å². The van der Waals surface area contributed by atoms with Crippen molar-refractivity contribution in [3.63, 3.8) is 0 Å². The lowest BCUT2D eigenvalue weighted by atomic mass is 9.83. The van der Waals surface area contributed by atoms with Gasteiger partial charge >= 0.3 is 5.87 Å². The van der Waals surface area contributed by atoms with Crippen molar-refractivity contribution in [3.05, 3.63) is 86.5 Å². The van der Waals surface area contributed by atoms with Crippen LogP contribution in [0, 0.1) is 0 Å². The minimum atomic E-state index is 0.801. The fourth-order valence-corrected chi connectivity index (χ4v) is 6.76. The summed E-state index contributed by atoms with van der Waals surface area (Å²) in [6, 6.07) is 15.0. The number of rotatable bonds is 25. The van der Waals surface area contributed by atoms with Gasteiger partial charge in [0, 0.05) is 0 Å². The average Bonchev–Trinajstić information content (AvgIpc) is 3.07. The summed E-state index contributed by atoms with van der Waals surface area (Å²) in [5.41, 5.74) is 22.1. The second-order valence-corrected chi connectivity index (χ2v) is 13.6. The topological polar surface area (TPSA) is 36.4 Å². The largest absolute Gasteiger partial charge is 0.348 e. The molecule has 2 nitrogen and oxygen atoms in total. The van der Waals surface area contributed by atoms with E-state index in [4.69, 9.17) is 0 Å². The maximum absolute atomic E-state index is 9.77. The van der Waals surface area contributed by atoms with Crippen LogP contribution in [0.4, 0.5) is 0 Å². The molecule has 0 aliphatic rings. The van der Waals surface area contributed by atoms with E-state index in [2.05, 4.69) is 88.6 Å². The summed E-state index contributed by atoms with van der Waals surface area (Å²) in [6.07, 6.45) is 26.3. The molecule has 0 saturated carbocycles. The molecule has 0 radical (unpaired) electrons. The van der Waals surface area contributed by atoms with Crippen LogP contribution in [-0.4, -0.2) is 10.7 Å². The highest BCUT2D eigenvalue weighted by Gasteiger charge is 2.20. The van der Waals surface area contributed by atoms with Crippen molar-refractivity contribution >= 4 is 11.4 Å². The molecular formula is C44H68N2. The number of hydrogen-bond acceptors (Lipinski definition) is 0. The van der Waals surface area contributed by atoms with Gasteiger partial charge in [0.2, 0.25) is 0 Å². The van der Waals surface area contributed by atoms with Crippen molar-refractivity contribution in [2.45, 2.75) is 183 Å². The van der Waals surface area contributed by atoms with Crippen LogP contribution >= 0.6 is 0 Å². The van der Waals surface area contributed by atoms with E-state index < -0.39 is 0 Å². The first-order chi connectivity index (χ1) is 22.5.